The van der Waals surface area contributed by atoms with Crippen LogP contribution in [0.4, 0.5) is 0 Å². The van der Waals surface area contributed by atoms with E-state index in [4.69, 9.17) is 0 Å². The van der Waals surface area contributed by atoms with E-state index in [-0.39, 0.29) is 0 Å². The van der Waals surface area contributed by atoms with Crippen LogP contribution < -0.4 is 0 Å². The second-order valence-electron chi connectivity index (χ2n) is 1.48. The highest BCUT2D eigenvalue weighted by molar-refractivity contribution is 7.99. The number of aromatic nitrogens is 2. The summed E-state index contributed by atoms with van der Waals surface area (Å²) in [6, 6.07) is 0. The molecule has 2 nitrogen and oxygen atoms in total. The van der Waals surface area contributed by atoms with Crippen LogP contribution in [0.1, 0.15) is 6.92 Å². The molecule has 0 spiro atoms. The van der Waals surface area contributed by atoms with E-state index in [2.05, 4.69) is 16.9 Å². The first-order valence-corrected chi connectivity index (χ1v) is 3.81. The number of nitrogens with zero attached hydrogens (tertiary/aromatic N) is 2. The van der Waals surface area contributed by atoms with Crippen molar-refractivity contribution in [2.75, 3.05) is 5.75 Å². The van der Waals surface area contributed by atoms with Gasteiger partial charge in [-0.25, -0.2) is 4.98 Å². The maximum atomic E-state index is 4.07. The maximum Gasteiger partial charge on any atom is 0.114 e. The molecule has 3 heteroatoms. The molecule has 0 aliphatic rings. The fraction of sp³-hybridized carbons (Fsp3) is 0.333. The van der Waals surface area contributed by atoms with E-state index in [1.807, 2.05) is 0 Å². The van der Waals surface area contributed by atoms with Crippen molar-refractivity contribution in [1.29, 1.82) is 0 Å². The molecular formula is C6H8N2S. The van der Waals surface area contributed by atoms with Crippen LogP contribution in [0, 0.1) is 0 Å². The van der Waals surface area contributed by atoms with E-state index in [0.717, 1.165) is 10.8 Å². The number of hydrogen-bond acceptors (Lipinski definition) is 3. The summed E-state index contributed by atoms with van der Waals surface area (Å²) in [5.74, 6) is 1.05. The molecule has 0 fully saturated rings. The molecule has 0 saturated carbocycles. The molecule has 0 radical (unpaired) electrons. The van der Waals surface area contributed by atoms with Crippen LogP contribution in [-0.2, 0) is 0 Å². The summed E-state index contributed by atoms with van der Waals surface area (Å²) < 4.78 is 0. The highest BCUT2D eigenvalue weighted by atomic mass is 32.2. The van der Waals surface area contributed by atoms with Crippen LogP contribution in [0.15, 0.2) is 23.6 Å². The van der Waals surface area contributed by atoms with Crippen molar-refractivity contribution in [1.82, 2.24) is 9.97 Å². The minimum Gasteiger partial charge on any atom is -0.260 e. The van der Waals surface area contributed by atoms with Crippen molar-refractivity contribution in [3.8, 4) is 0 Å². The van der Waals surface area contributed by atoms with Gasteiger partial charge in [-0.1, -0.05) is 6.92 Å². The van der Waals surface area contributed by atoms with E-state index in [0.29, 0.717) is 0 Å². The molecule has 0 amide bonds. The Bertz CT molecular complexity index is 164. The smallest absolute Gasteiger partial charge is 0.114 e. The van der Waals surface area contributed by atoms with Gasteiger partial charge in [0.15, 0.2) is 0 Å². The predicted octanol–water partition coefficient (Wildman–Crippen LogP) is 1.59. The van der Waals surface area contributed by atoms with Crippen LogP contribution in [0.5, 0.6) is 0 Å². The molecule has 0 unspecified atom stereocenters. The molecule has 0 aliphatic carbocycles. The first-order valence-electron chi connectivity index (χ1n) is 2.82. The van der Waals surface area contributed by atoms with Crippen molar-refractivity contribution >= 4 is 11.8 Å². The highest BCUT2D eigenvalue weighted by Gasteiger charge is 1.87. The van der Waals surface area contributed by atoms with E-state index >= 15 is 0 Å². The SMILES string of the molecule is CCSc1cnccn1. The summed E-state index contributed by atoms with van der Waals surface area (Å²) in [5.41, 5.74) is 0. The van der Waals surface area contributed by atoms with Gasteiger partial charge in [-0.05, 0) is 5.75 Å². The Morgan fingerprint density at radius 1 is 1.56 bits per heavy atom. The van der Waals surface area contributed by atoms with Gasteiger partial charge in [-0.3, -0.25) is 4.98 Å². The third kappa shape index (κ3) is 2.01. The number of hydrogen-bond donors (Lipinski definition) is 0. The molecule has 48 valence electrons. The van der Waals surface area contributed by atoms with Gasteiger partial charge in [0.2, 0.25) is 0 Å². The van der Waals surface area contributed by atoms with Gasteiger partial charge >= 0.3 is 0 Å². The zero-order chi connectivity index (χ0) is 6.53. The largest absolute Gasteiger partial charge is 0.260 e. The van der Waals surface area contributed by atoms with Gasteiger partial charge in [-0.15, -0.1) is 11.8 Å². The summed E-state index contributed by atoms with van der Waals surface area (Å²) in [5, 5.41) is 1.00. The summed E-state index contributed by atoms with van der Waals surface area (Å²) in [4.78, 5) is 7.99. The molecule has 1 heterocycles. The standard InChI is InChI=1S/C6H8N2S/c1-2-9-6-5-7-3-4-8-6/h3-5H,2H2,1H3. The van der Waals surface area contributed by atoms with Crippen LogP contribution in [0.25, 0.3) is 0 Å². The Labute approximate surface area is 58.7 Å². The summed E-state index contributed by atoms with van der Waals surface area (Å²) in [7, 11) is 0. The highest BCUT2D eigenvalue weighted by Crippen LogP contribution is 2.10. The monoisotopic (exact) mass is 140 g/mol. The molecule has 1 aromatic rings. The average Bonchev–Trinajstić information content (AvgIpc) is 1.91. The summed E-state index contributed by atoms with van der Waals surface area (Å²) in [6.45, 7) is 2.10. The minimum atomic E-state index is 1.00. The molecule has 0 bridgehead atoms. The molecule has 0 aromatic carbocycles. The van der Waals surface area contributed by atoms with Crippen LogP contribution in [0.3, 0.4) is 0 Å². The minimum absolute atomic E-state index is 1.00. The van der Waals surface area contributed by atoms with Crippen molar-refractivity contribution in [3.05, 3.63) is 18.6 Å². The lowest BCUT2D eigenvalue weighted by atomic mass is 10.8. The van der Waals surface area contributed by atoms with E-state index in [1.54, 1.807) is 30.4 Å². The first kappa shape index (κ1) is 6.55. The predicted molar refractivity (Wildman–Crippen MR) is 38.4 cm³/mol. The second-order valence-corrected chi connectivity index (χ2v) is 2.76. The van der Waals surface area contributed by atoms with Crippen LogP contribution in [0.2, 0.25) is 0 Å². The third-order valence-corrected chi connectivity index (χ3v) is 1.63. The fourth-order valence-electron chi connectivity index (χ4n) is 0.508. The second kappa shape index (κ2) is 3.45. The molecule has 1 rings (SSSR count). The number of rotatable bonds is 2. The van der Waals surface area contributed by atoms with Gasteiger partial charge in [0.05, 0.1) is 6.20 Å². The maximum absolute atomic E-state index is 4.07. The van der Waals surface area contributed by atoms with E-state index in [9.17, 15) is 0 Å². The van der Waals surface area contributed by atoms with Gasteiger partial charge < -0.3 is 0 Å². The lowest BCUT2D eigenvalue weighted by molar-refractivity contribution is 1.06. The Kier molecular flexibility index (Phi) is 2.51. The van der Waals surface area contributed by atoms with Gasteiger partial charge in [-0.2, -0.15) is 0 Å². The van der Waals surface area contributed by atoms with E-state index in [1.165, 1.54) is 0 Å². The molecule has 0 N–H and O–H groups in total. The summed E-state index contributed by atoms with van der Waals surface area (Å²) in [6.07, 6.45) is 5.16. The molecule has 0 aliphatic heterocycles. The zero-order valence-electron chi connectivity index (χ0n) is 5.24. The van der Waals surface area contributed by atoms with Crippen LogP contribution >= 0.6 is 11.8 Å². The van der Waals surface area contributed by atoms with Crippen molar-refractivity contribution in [3.63, 3.8) is 0 Å². The van der Waals surface area contributed by atoms with Gasteiger partial charge in [0, 0.05) is 12.4 Å². The zero-order valence-corrected chi connectivity index (χ0v) is 6.06. The van der Waals surface area contributed by atoms with Crippen LogP contribution in [-0.4, -0.2) is 15.7 Å². The van der Waals surface area contributed by atoms with Crippen molar-refractivity contribution in [2.45, 2.75) is 11.9 Å². The quantitative estimate of drug-likeness (QED) is 0.583. The molecule has 1 aromatic heterocycles. The normalized spacial score (nSPS) is 9.44. The Morgan fingerprint density at radius 2 is 2.44 bits per heavy atom. The van der Waals surface area contributed by atoms with E-state index < -0.39 is 0 Å². The topological polar surface area (TPSA) is 25.8 Å². The first-order chi connectivity index (χ1) is 4.43. The van der Waals surface area contributed by atoms with Crippen molar-refractivity contribution in [2.24, 2.45) is 0 Å². The average molecular weight is 140 g/mol. The Balaban J connectivity index is 2.61. The molecule has 0 atom stereocenters. The molecular weight excluding hydrogens is 132 g/mol. The van der Waals surface area contributed by atoms with Gasteiger partial charge in [0.25, 0.3) is 0 Å². The third-order valence-electron chi connectivity index (χ3n) is 0.832. The molecule has 9 heavy (non-hydrogen) atoms. The number of thioether (sulfide) groups is 1. The Morgan fingerprint density at radius 3 is 3.00 bits per heavy atom. The molecule has 0 saturated heterocycles. The Hall–Kier alpha value is -0.570. The lowest BCUT2D eigenvalue weighted by Gasteiger charge is -1.91. The lowest BCUT2D eigenvalue weighted by Crippen LogP contribution is -1.79. The summed E-state index contributed by atoms with van der Waals surface area (Å²) >= 11 is 1.70. The van der Waals surface area contributed by atoms with Gasteiger partial charge in [0.1, 0.15) is 5.03 Å². The fourth-order valence-corrected chi connectivity index (χ4v) is 1.07. The van der Waals surface area contributed by atoms with Crippen molar-refractivity contribution < 1.29 is 0 Å².